The van der Waals surface area contributed by atoms with Crippen molar-refractivity contribution in [3.05, 3.63) is 5.28 Å². The zero-order valence-corrected chi connectivity index (χ0v) is 11.5. The average molecular weight is 270 g/mol. The SMILES string of the molecule is CCNc1nc(Cl)nc(NC2CCCCCC2)n1. The molecule has 18 heavy (non-hydrogen) atoms. The molecule has 0 saturated heterocycles. The number of hydrogen-bond acceptors (Lipinski definition) is 5. The molecular formula is C12H20ClN5. The highest BCUT2D eigenvalue weighted by atomic mass is 35.5. The molecule has 6 heteroatoms. The van der Waals surface area contributed by atoms with Crippen molar-refractivity contribution < 1.29 is 0 Å². The Morgan fingerprint density at radius 1 is 1.06 bits per heavy atom. The summed E-state index contributed by atoms with van der Waals surface area (Å²) in [5.41, 5.74) is 0. The maximum Gasteiger partial charge on any atom is 0.229 e. The Hall–Kier alpha value is -1.10. The van der Waals surface area contributed by atoms with Crippen molar-refractivity contribution in [3.63, 3.8) is 0 Å². The number of anilines is 2. The van der Waals surface area contributed by atoms with Crippen LogP contribution in [0.25, 0.3) is 0 Å². The standard InChI is InChI=1S/C12H20ClN5/c1-2-14-11-16-10(13)17-12(18-11)15-9-7-5-3-4-6-8-9/h9H,2-8H2,1H3,(H2,14,15,16,17,18). The molecule has 2 rings (SSSR count). The summed E-state index contributed by atoms with van der Waals surface area (Å²) in [5, 5.41) is 6.66. The van der Waals surface area contributed by atoms with Crippen LogP contribution in [-0.4, -0.2) is 27.5 Å². The van der Waals surface area contributed by atoms with Crippen molar-refractivity contribution in [1.29, 1.82) is 0 Å². The summed E-state index contributed by atoms with van der Waals surface area (Å²) in [5.74, 6) is 1.12. The first kappa shape index (κ1) is 13.3. The van der Waals surface area contributed by atoms with Crippen LogP contribution >= 0.6 is 11.6 Å². The Bertz CT molecular complexity index is 377. The number of rotatable bonds is 4. The number of aromatic nitrogens is 3. The van der Waals surface area contributed by atoms with Crippen LogP contribution in [-0.2, 0) is 0 Å². The summed E-state index contributed by atoms with van der Waals surface area (Å²) in [6.45, 7) is 2.76. The summed E-state index contributed by atoms with van der Waals surface area (Å²) in [6, 6.07) is 0.459. The zero-order chi connectivity index (χ0) is 12.8. The second-order valence-electron chi connectivity index (χ2n) is 4.61. The first-order chi connectivity index (χ1) is 8.78. The van der Waals surface area contributed by atoms with Crippen LogP contribution in [0.2, 0.25) is 5.28 Å². The Labute approximate surface area is 113 Å². The maximum atomic E-state index is 5.89. The summed E-state index contributed by atoms with van der Waals surface area (Å²) in [6.07, 6.45) is 7.57. The van der Waals surface area contributed by atoms with Crippen molar-refractivity contribution in [2.75, 3.05) is 17.2 Å². The zero-order valence-electron chi connectivity index (χ0n) is 10.7. The molecule has 0 radical (unpaired) electrons. The second kappa shape index (κ2) is 6.73. The molecule has 1 fully saturated rings. The van der Waals surface area contributed by atoms with E-state index in [0.717, 1.165) is 6.54 Å². The minimum absolute atomic E-state index is 0.233. The van der Waals surface area contributed by atoms with Crippen LogP contribution in [0.4, 0.5) is 11.9 Å². The summed E-state index contributed by atoms with van der Waals surface area (Å²) < 4.78 is 0. The van der Waals surface area contributed by atoms with Gasteiger partial charge in [0.1, 0.15) is 0 Å². The number of halogens is 1. The number of hydrogen-bond donors (Lipinski definition) is 2. The molecule has 1 saturated carbocycles. The smallest absolute Gasteiger partial charge is 0.229 e. The highest BCUT2D eigenvalue weighted by molar-refractivity contribution is 6.28. The van der Waals surface area contributed by atoms with Crippen molar-refractivity contribution in [2.45, 2.75) is 51.5 Å². The molecular weight excluding hydrogens is 250 g/mol. The van der Waals surface area contributed by atoms with E-state index in [2.05, 4.69) is 25.6 Å². The van der Waals surface area contributed by atoms with E-state index in [1.807, 2.05) is 6.92 Å². The molecule has 0 aliphatic heterocycles. The van der Waals surface area contributed by atoms with Crippen molar-refractivity contribution in [1.82, 2.24) is 15.0 Å². The van der Waals surface area contributed by atoms with E-state index in [-0.39, 0.29) is 5.28 Å². The molecule has 0 aromatic carbocycles. The topological polar surface area (TPSA) is 62.7 Å². The molecule has 2 N–H and O–H groups in total. The van der Waals surface area contributed by atoms with Crippen molar-refractivity contribution in [3.8, 4) is 0 Å². The number of nitrogens with one attached hydrogen (secondary N) is 2. The highest BCUT2D eigenvalue weighted by Crippen LogP contribution is 2.20. The van der Waals surface area contributed by atoms with Gasteiger partial charge in [-0.25, -0.2) is 0 Å². The van der Waals surface area contributed by atoms with E-state index in [1.54, 1.807) is 0 Å². The van der Waals surface area contributed by atoms with E-state index in [1.165, 1.54) is 38.5 Å². The van der Waals surface area contributed by atoms with Crippen LogP contribution in [0.3, 0.4) is 0 Å². The van der Waals surface area contributed by atoms with Gasteiger partial charge in [-0.05, 0) is 31.4 Å². The van der Waals surface area contributed by atoms with Gasteiger partial charge in [0.05, 0.1) is 0 Å². The third kappa shape index (κ3) is 3.98. The lowest BCUT2D eigenvalue weighted by Gasteiger charge is -2.16. The number of nitrogens with zero attached hydrogens (tertiary/aromatic N) is 3. The van der Waals surface area contributed by atoms with E-state index in [0.29, 0.717) is 17.9 Å². The van der Waals surface area contributed by atoms with Gasteiger partial charge in [0, 0.05) is 12.6 Å². The second-order valence-corrected chi connectivity index (χ2v) is 4.95. The summed E-state index contributed by atoms with van der Waals surface area (Å²) in [7, 11) is 0. The van der Waals surface area contributed by atoms with E-state index in [9.17, 15) is 0 Å². The predicted octanol–water partition coefficient (Wildman–Crippen LogP) is 3.09. The molecule has 1 aliphatic rings. The van der Waals surface area contributed by atoms with Gasteiger partial charge in [-0.1, -0.05) is 25.7 Å². The molecule has 5 nitrogen and oxygen atoms in total. The lowest BCUT2D eigenvalue weighted by Crippen LogP contribution is -2.20. The normalized spacial score (nSPS) is 17.2. The maximum absolute atomic E-state index is 5.89. The summed E-state index contributed by atoms with van der Waals surface area (Å²) >= 11 is 5.89. The van der Waals surface area contributed by atoms with E-state index < -0.39 is 0 Å². The largest absolute Gasteiger partial charge is 0.354 e. The molecule has 1 heterocycles. The Morgan fingerprint density at radius 3 is 2.39 bits per heavy atom. The molecule has 1 aromatic heterocycles. The molecule has 0 atom stereocenters. The van der Waals surface area contributed by atoms with Gasteiger partial charge >= 0.3 is 0 Å². The van der Waals surface area contributed by atoms with Gasteiger partial charge in [-0.3, -0.25) is 0 Å². The molecule has 100 valence electrons. The van der Waals surface area contributed by atoms with E-state index in [4.69, 9.17) is 11.6 Å². The van der Waals surface area contributed by atoms with Gasteiger partial charge in [-0.15, -0.1) is 0 Å². The monoisotopic (exact) mass is 269 g/mol. The molecule has 1 aromatic rings. The molecule has 0 amide bonds. The van der Waals surface area contributed by atoms with Crippen LogP contribution in [0.1, 0.15) is 45.4 Å². The first-order valence-corrected chi connectivity index (χ1v) is 7.07. The van der Waals surface area contributed by atoms with Gasteiger partial charge in [-0.2, -0.15) is 15.0 Å². The van der Waals surface area contributed by atoms with Gasteiger partial charge in [0.15, 0.2) is 0 Å². The average Bonchev–Trinajstić information content (AvgIpc) is 2.57. The lowest BCUT2D eigenvalue weighted by atomic mass is 10.1. The van der Waals surface area contributed by atoms with Crippen LogP contribution in [0, 0.1) is 0 Å². The Kier molecular flexibility index (Phi) is 4.99. The van der Waals surface area contributed by atoms with Crippen molar-refractivity contribution >= 4 is 23.5 Å². The molecule has 1 aliphatic carbocycles. The highest BCUT2D eigenvalue weighted by Gasteiger charge is 2.14. The van der Waals surface area contributed by atoms with Crippen LogP contribution < -0.4 is 10.6 Å². The minimum atomic E-state index is 0.233. The molecule has 0 bridgehead atoms. The molecule has 0 unspecified atom stereocenters. The quantitative estimate of drug-likeness (QED) is 0.823. The predicted molar refractivity (Wildman–Crippen MR) is 74.1 cm³/mol. The van der Waals surface area contributed by atoms with Crippen LogP contribution in [0.5, 0.6) is 0 Å². The van der Waals surface area contributed by atoms with Gasteiger partial charge in [0.2, 0.25) is 17.2 Å². The lowest BCUT2D eigenvalue weighted by molar-refractivity contribution is 0.614. The van der Waals surface area contributed by atoms with Crippen LogP contribution in [0.15, 0.2) is 0 Å². The molecule has 0 spiro atoms. The Morgan fingerprint density at radius 2 is 1.72 bits per heavy atom. The fourth-order valence-electron chi connectivity index (χ4n) is 2.26. The fourth-order valence-corrected chi connectivity index (χ4v) is 2.42. The van der Waals surface area contributed by atoms with Gasteiger partial charge in [0.25, 0.3) is 0 Å². The third-order valence-corrected chi connectivity index (χ3v) is 3.30. The minimum Gasteiger partial charge on any atom is -0.354 e. The van der Waals surface area contributed by atoms with Gasteiger partial charge < -0.3 is 10.6 Å². The van der Waals surface area contributed by atoms with Crippen molar-refractivity contribution in [2.24, 2.45) is 0 Å². The van der Waals surface area contributed by atoms with E-state index >= 15 is 0 Å². The third-order valence-electron chi connectivity index (χ3n) is 3.13. The first-order valence-electron chi connectivity index (χ1n) is 6.70. The Balaban J connectivity index is 2.02. The summed E-state index contributed by atoms with van der Waals surface area (Å²) in [4.78, 5) is 12.5. The fraction of sp³-hybridized carbons (Fsp3) is 0.750.